The molecule has 158 valence electrons. The van der Waals surface area contributed by atoms with Crippen molar-refractivity contribution in [3.63, 3.8) is 0 Å². The third-order valence-electron chi connectivity index (χ3n) is 5.20. The highest BCUT2D eigenvalue weighted by molar-refractivity contribution is 5.79. The Bertz CT molecular complexity index is 408. The van der Waals surface area contributed by atoms with Crippen LogP contribution in [0.1, 0.15) is 33.6 Å². The average molecular weight is 385 g/mol. The molecule has 0 amide bonds. The molecule has 0 aromatic carbocycles. The van der Waals surface area contributed by atoms with E-state index >= 15 is 0 Å². The second-order valence-electron chi connectivity index (χ2n) is 7.76. The molecule has 2 rings (SSSR count). The van der Waals surface area contributed by atoms with E-state index in [1.807, 2.05) is 0 Å². The molecule has 2 saturated heterocycles. The average Bonchev–Trinajstić information content (AvgIpc) is 3.18. The van der Waals surface area contributed by atoms with Gasteiger partial charge in [-0.3, -0.25) is 9.89 Å². The van der Waals surface area contributed by atoms with E-state index in [1.54, 1.807) is 0 Å². The van der Waals surface area contributed by atoms with Gasteiger partial charge >= 0.3 is 0 Å². The monoisotopic (exact) mass is 384 g/mol. The first-order chi connectivity index (χ1) is 13.2. The molecule has 2 atom stereocenters. The Balaban J connectivity index is 1.68. The topological polar surface area (TPSA) is 67.4 Å². The minimum atomic E-state index is 0.460. The Morgan fingerprint density at radius 1 is 1.19 bits per heavy atom. The largest absolute Gasteiger partial charge is 0.381 e. The van der Waals surface area contributed by atoms with Crippen LogP contribution in [0.2, 0.25) is 0 Å². The number of nitrogens with one attached hydrogen (secondary N) is 2. The molecule has 0 aromatic heterocycles. The summed E-state index contributed by atoms with van der Waals surface area (Å²) < 4.78 is 16.6. The zero-order valence-corrected chi connectivity index (χ0v) is 17.5. The Morgan fingerprint density at radius 3 is 2.67 bits per heavy atom. The lowest BCUT2D eigenvalue weighted by molar-refractivity contribution is 0.00867. The molecule has 2 unspecified atom stereocenters. The van der Waals surface area contributed by atoms with Crippen molar-refractivity contribution < 1.29 is 14.2 Å². The van der Waals surface area contributed by atoms with Crippen LogP contribution in [-0.4, -0.2) is 89.3 Å². The van der Waals surface area contributed by atoms with Crippen molar-refractivity contribution in [2.24, 2.45) is 16.8 Å². The molecule has 0 bridgehead atoms. The maximum atomic E-state index is 5.77. The maximum Gasteiger partial charge on any atom is 0.191 e. The molecule has 0 radical (unpaired) electrons. The highest BCUT2D eigenvalue weighted by atomic mass is 16.5. The van der Waals surface area contributed by atoms with E-state index in [9.17, 15) is 0 Å². The van der Waals surface area contributed by atoms with E-state index in [-0.39, 0.29) is 0 Å². The molecular formula is C20H40N4O3. The molecular weight excluding hydrogens is 344 g/mol. The van der Waals surface area contributed by atoms with Crippen LogP contribution in [0.5, 0.6) is 0 Å². The van der Waals surface area contributed by atoms with E-state index < -0.39 is 0 Å². The summed E-state index contributed by atoms with van der Waals surface area (Å²) in [5, 5.41) is 6.79. The van der Waals surface area contributed by atoms with Gasteiger partial charge in [-0.25, -0.2) is 0 Å². The normalized spacial score (nSPS) is 23.0. The lowest BCUT2D eigenvalue weighted by Crippen LogP contribution is -2.48. The van der Waals surface area contributed by atoms with Gasteiger partial charge in [0.25, 0.3) is 0 Å². The lowest BCUT2D eigenvalue weighted by Gasteiger charge is -2.36. The summed E-state index contributed by atoms with van der Waals surface area (Å²) in [6, 6.07) is 0.460. The Morgan fingerprint density at radius 2 is 2.00 bits per heavy atom. The molecule has 27 heavy (non-hydrogen) atoms. The molecule has 2 heterocycles. The van der Waals surface area contributed by atoms with Crippen LogP contribution in [0, 0.1) is 11.8 Å². The Hall–Kier alpha value is -0.890. The summed E-state index contributed by atoms with van der Waals surface area (Å²) in [5.74, 6) is 2.06. The van der Waals surface area contributed by atoms with Crippen molar-refractivity contribution in [2.75, 3.05) is 72.4 Å². The van der Waals surface area contributed by atoms with Gasteiger partial charge in [0, 0.05) is 51.4 Å². The number of nitrogens with zero attached hydrogens (tertiary/aromatic N) is 2. The van der Waals surface area contributed by atoms with Crippen molar-refractivity contribution in [3.8, 4) is 0 Å². The fourth-order valence-corrected chi connectivity index (χ4v) is 3.53. The quantitative estimate of drug-likeness (QED) is 0.318. The zero-order valence-electron chi connectivity index (χ0n) is 17.5. The predicted molar refractivity (Wildman–Crippen MR) is 109 cm³/mol. The first kappa shape index (κ1) is 22.4. The number of morpholine rings is 1. The van der Waals surface area contributed by atoms with Gasteiger partial charge in [0.05, 0.1) is 33.0 Å². The predicted octanol–water partition coefficient (Wildman–Crippen LogP) is 1.34. The number of hydrogen-bond acceptors (Lipinski definition) is 5. The third kappa shape index (κ3) is 8.77. The molecule has 2 N–H and O–H groups in total. The molecule has 0 aliphatic carbocycles. The van der Waals surface area contributed by atoms with E-state index in [0.717, 1.165) is 91.2 Å². The minimum absolute atomic E-state index is 0.460. The zero-order chi connectivity index (χ0) is 19.3. The number of hydrogen-bond donors (Lipinski definition) is 2. The molecule has 2 aliphatic heterocycles. The highest BCUT2D eigenvalue weighted by Gasteiger charge is 2.23. The fraction of sp³-hybridized carbons (Fsp3) is 0.950. The van der Waals surface area contributed by atoms with Gasteiger partial charge in [-0.05, 0) is 25.7 Å². The van der Waals surface area contributed by atoms with Gasteiger partial charge in [-0.1, -0.05) is 13.8 Å². The van der Waals surface area contributed by atoms with E-state index in [2.05, 4.69) is 36.3 Å². The molecule has 7 heteroatoms. The van der Waals surface area contributed by atoms with Crippen molar-refractivity contribution in [1.29, 1.82) is 0 Å². The summed E-state index contributed by atoms with van der Waals surface area (Å²) in [6.07, 6.45) is 2.12. The fourth-order valence-electron chi connectivity index (χ4n) is 3.53. The number of ether oxygens (including phenoxy) is 3. The van der Waals surface area contributed by atoms with E-state index in [0.29, 0.717) is 17.9 Å². The van der Waals surface area contributed by atoms with Crippen LogP contribution < -0.4 is 10.6 Å². The standard InChI is InChI=1S/C20H40N4O3/c1-4-21-20(22-7-5-10-26-15-18-6-11-27-16-18)23-14-19(17(2)3)24-8-12-25-13-9-24/h17-19H,4-16H2,1-3H3,(H2,21,22,23). The summed E-state index contributed by atoms with van der Waals surface area (Å²) in [6.45, 7) is 16.2. The van der Waals surface area contributed by atoms with Crippen LogP contribution in [0.3, 0.4) is 0 Å². The van der Waals surface area contributed by atoms with Crippen molar-refractivity contribution >= 4 is 5.96 Å². The van der Waals surface area contributed by atoms with E-state index in [4.69, 9.17) is 19.2 Å². The number of guanidine groups is 1. The first-order valence-corrected chi connectivity index (χ1v) is 10.7. The van der Waals surface area contributed by atoms with Gasteiger partial charge in [0.2, 0.25) is 0 Å². The minimum Gasteiger partial charge on any atom is -0.381 e. The Labute approximate surface area is 165 Å². The van der Waals surface area contributed by atoms with Crippen LogP contribution in [-0.2, 0) is 14.2 Å². The Kier molecular flexibility index (Phi) is 11.0. The molecule has 2 fully saturated rings. The SMILES string of the molecule is CCNC(=NCC(C(C)C)N1CCOCC1)NCCCOCC1CCOC1. The van der Waals surface area contributed by atoms with Crippen LogP contribution in [0.15, 0.2) is 4.99 Å². The number of aliphatic imine (C=N–C) groups is 1. The second-order valence-corrected chi connectivity index (χ2v) is 7.76. The van der Waals surface area contributed by atoms with Gasteiger partial charge < -0.3 is 24.8 Å². The molecule has 7 nitrogen and oxygen atoms in total. The van der Waals surface area contributed by atoms with Gasteiger partial charge in [-0.2, -0.15) is 0 Å². The summed E-state index contributed by atoms with van der Waals surface area (Å²) >= 11 is 0. The van der Waals surface area contributed by atoms with Crippen LogP contribution in [0.25, 0.3) is 0 Å². The van der Waals surface area contributed by atoms with Crippen molar-refractivity contribution in [1.82, 2.24) is 15.5 Å². The van der Waals surface area contributed by atoms with Crippen molar-refractivity contribution in [3.05, 3.63) is 0 Å². The highest BCUT2D eigenvalue weighted by Crippen LogP contribution is 2.13. The third-order valence-corrected chi connectivity index (χ3v) is 5.20. The summed E-state index contributed by atoms with van der Waals surface area (Å²) in [4.78, 5) is 7.36. The van der Waals surface area contributed by atoms with Crippen LogP contribution in [0.4, 0.5) is 0 Å². The molecule has 0 spiro atoms. The summed E-state index contributed by atoms with van der Waals surface area (Å²) in [5.41, 5.74) is 0. The first-order valence-electron chi connectivity index (χ1n) is 10.7. The van der Waals surface area contributed by atoms with Crippen LogP contribution >= 0.6 is 0 Å². The smallest absolute Gasteiger partial charge is 0.191 e. The second kappa shape index (κ2) is 13.3. The van der Waals surface area contributed by atoms with E-state index in [1.165, 1.54) is 0 Å². The van der Waals surface area contributed by atoms with Crippen molar-refractivity contribution in [2.45, 2.75) is 39.7 Å². The van der Waals surface area contributed by atoms with Gasteiger partial charge in [-0.15, -0.1) is 0 Å². The van der Waals surface area contributed by atoms with Gasteiger partial charge in [0.15, 0.2) is 5.96 Å². The number of rotatable bonds is 11. The molecule has 0 saturated carbocycles. The summed E-state index contributed by atoms with van der Waals surface area (Å²) in [7, 11) is 0. The van der Waals surface area contributed by atoms with Gasteiger partial charge in [0.1, 0.15) is 0 Å². The molecule has 2 aliphatic rings. The maximum absolute atomic E-state index is 5.77. The molecule has 0 aromatic rings. The lowest BCUT2D eigenvalue weighted by atomic mass is 10.0.